The maximum atomic E-state index is 11.9. The minimum Gasteiger partial charge on any atom is -0.345 e. The highest BCUT2D eigenvalue weighted by atomic mass is 35.5. The Kier molecular flexibility index (Phi) is 5.74. The Morgan fingerprint density at radius 3 is 2.83 bits per heavy atom. The Morgan fingerprint density at radius 1 is 1.39 bits per heavy atom. The van der Waals surface area contributed by atoms with Gasteiger partial charge in [-0.15, -0.1) is 11.3 Å². The molecular weight excluding hydrogens is 334 g/mol. The predicted molar refractivity (Wildman–Crippen MR) is 93.0 cm³/mol. The van der Waals surface area contributed by atoms with Crippen LogP contribution in [0.1, 0.15) is 29.9 Å². The molecule has 1 aromatic carbocycles. The van der Waals surface area contributed by atoms with Gasteiger partial charge in [-0.3, -0.25) is 9.59 Å². The molecule has 0 fully saturated rings. The van der Waals surface area contributed by atoms with Crippen molar-refractivity contribution in [1.82, 2.24) is 10.3 Å². The number of halogens is 1. The van der Waals surface area contributed by atoms with Gasteiger partial charge in [-0.2, -0.15) is 0 Å². The number of benzene rings is 1. The van der Waals surface area contributed by atoms with Crippen LogP contribution in [0, 0.1) is 6.92 Å². The maximum Gasteiger partial charge on any atom is 0.248 e. The largest absolute Gasteiger partial charge is 0.345 e. The van der Waals surface area contributed by atoms with E-state index in [4.69, 9.17) is 11.6 Å². The van der Waals surface area contributed by atoms with Gasteiger partial charge >= 0.3 is 0 Å². The van der Waals surface area contributed by atoms with E-state index in [0.717, 1.165) is 21.0 Å². The Labute approximate surface area is 144 Å². The lowest BCUT2D eigenvalue weighted by molar-refractivity contribution is -0.124. The summed E-state index contributed by atoms with van der Waals surface area (Å²) in [6.45, 7) is 4.96. The third-order valence-electron chi connectivity index (χ3n) is 3.23. The summed E-state index contributed by atoms with van der Waals surface area (Å²) in [4.78, 5) is 28.1. The molecule has 0 aliphatic rings. The second-order valence-corrected chi connectivity index (χ2v) is 6.76. The molecule has 0 bridgehead atoms. The van der Waals surface area contributed by atoms with Crippen LogP contribution < -0.4 is 10.6 Å². The molecule has 2 rings (SSSR count). The highest BCUT2D eigenvalue weighted by Crippen LogP contribution is 2.26. The van der Waals surface area contributed by atoms with Gasteiger partial charge in [0.15, 0.2) is 5.13 Å². The third-order valence-corrected chi connectivity index (χ3v) is 4.69. The first-order valence-electron chi connectivity index (χ1n) is 7.13. The average molecular weight is 352 g/mol. The van der Waals surface area contributed by atoms with Gasteiger partial charge in [-0.1, -0.05) is 29.8 Å². The fourth-order valence-corrected chi connectivity index (χ4v) is 3.09. The number of amides is 2. The molecule has 0 aliphatic heterocycles. The van der Waals surface area contributed by atoms with Crippen LogP contribution >= 0.6 is 22.9 Å². The molecule has 2 aromatic rings. The summed E-state index contributed by atoms with van der Waals surface area (Å²) < 4.78 is 0. The van der Waals surface area contributed by atoms with Crippen LogP contribution in [0.2, 0.25) is 5.02 Å². The molecule has 0 saturated carbocycles. The van der Waals surface area contributed by atoms with E-state index in [0.29, 0.717) is 11.6 Å². The zero-order valence-corrected chi connectivity index (χ0v) is 14.7. The van der Waals surface area contributed by atoms with E-state index in [1.807, 2.05) is 25.1 Å². The van der Waals surface area contributed by atoms with Crippen LogP contribution in [0.15, 0.2) is 24.4 Å². The molecule has 23 heavy (non-hydrogen) atoms. The first-order chi connectivity index (χ1) is 10.9. The number of rotatable bonds is 5. The fraction of sp³-hybridized carbons (Fsp3) is 0.312. The van der Waals surface area contributed by atoms with Crippen molar-refractivity contribution in [2.45, 2.75) is 33.2 Å². The van der Waals surface area contributed by atoms with Gasteiger partial charge < -0.3 is 10.6 Å². The summed E-state index contributed by atoms with van der Waals surface area (Å²) in [7, 11) is 0. The van der Waals surface area contributed by atoms with Crippen LogP contribution in [0.4, 0.5) is 5.13 Å². The van der Waals surface area contributed by atoms with E-state index < -0.39 is 6.04 Å². The van der Waals surface area contributed by atoms with Crippen molar-refractivity contribution in [2.24, 2.45) is 0 Å². The minimum absolute atomic E-state index is 0.249. The fourth-order valence-electron chi connectivity index (χ4n) is 2.06. The Hall–Kier alpha value is -1.92. The number of thiazole rings is 1. The van der Waals surface area contributed by atoms with E-state index >= 15 is 0 Å². The summed E-state index contributed by atoms with van der Waals surface area (Å²) in [6.07, 6.45) is 2.39. The normalized spacial score (nSPS) is 11.8. The summed E-state index contributed by atoms with van der Waals surface area (Å²) in [5, 5.41) is 6.49. The van der Waals surface area contributed by atoms with Gasteiger partial charge in [0.05, 0.1) is 0 Å². The molecule has 7 heteroatoms. The highest BCUT2D eigenvalue weighted by Gasteiger charge is 2.15. The summed E-state index contributed by atoms with van der Waals surface area (Å²) >= 11 is 7.69. The van der Waals surface area contributed by atoms with Crippen molar-refractivity contribution in [1.29, 1.82) is 0 Å². The quantitative estimate of drug-likeness (QED) is 0.869. The van der Waals surface area contributed by atoms with Gasteiger partial charge in [-0.25, -0.2) is 4.98 Å². The van der Waals surface area contributed by atoms with Crippen molar-refractivity contribution in [3.63, 3.8) is 0 Å². The molecule has 2 amide bonds. The molecule has 0 unspecified atom stereocenters. The number of aryl methyl sites for hydroxylation is 1. The Bertz CT molecular complexity index is 730. The number of anilines is 1. The number of hydrogen-bond donors (Lipinski definition) is 2. The van der Waals surface area contributed by atoms with E-state index in [1.165, 1.54) is 18.3 Å². The Balaban J connectivity index is 2.02. The van der Waals surface area contributed by atoms with Crippen molar-refractivity contribution in [2.75, 3.05) is 5.32 Å². The SMILES string of the molecule is CC(=O)N[C@@H](C)C(=O)Nc1ncc(Cc2cccc(C)c2Cl)s1. The molecule has 0 saturated heterocycles. The number of nitrogens with zero attached hydrogens (tertiary/aromatic N) is 1. The summed E-state index contributed by atoms with van der Waals surface area (Å²) in [5.41, 5.74) is 2.06. The minimum atomic E-state index is -0.605. The van der Waals surface area contributed by atoms with Gasteiger partial charge in [0.2, 0.25) is 11.8 Å². The van der Waals surface area contributed by atoms with E-state index in [2.05, 4.69) is 15.6 Å². The smallest absolute Gasteiger partial charge is 0.248 e. The molecule has 5 nitrogen and oxygen atoms in total. The lowest BCUT2D eigenvalue weighted by atomic mass is 10.1. The first-order valence-corrected chi connectivity index (χ1v) is 8.33. The van der Waals surface area contributed by atoms with Crippen LogP contribution in [-0.2, 0) is 16.0 Å². The maximum absolute atomic E-state index is 11.9. The van der Waals surface area contributed by atoms with E-state index in [9.17, 15) is 9.59 Å². The average Bonchev–Trinajstić information content (AvgIpc) is 2.90. The molecule has 1 aromatic heterocycles. The first kappa shape index (κ1) is 17.4. The lowest BCUT2D eigenvalue weighted by Gasteiger charge is -2.10. The lowest BCUT2D eigenvalue weighted by Crippen LogP contribution is -2.40. The predicted octanol–water partition coefficient (Wildman–Crippen LogP) is 3.16. The van der Waals surface area contributed by atoms with Crippen LogP contribution in [-0.4, -0.2) is 22.8 Å². The van der Waals surface area contributed by atoms with Gasteiger partial charge in [0.1, 0.15) is 6.04 Å². The van der Waals surface area contributed by atoms with Crippen molar-refractivity contribution in [3.05, 3.63) is 45.4 Å². The number of carbonyl (C=O) groups is 2. The van der Waals surface area contributed by atoms with E-state index in [-0.39, 0.29) is 11.8 Å². The van der Waals surface area contributed by atoms with Gasteiger partial charge in [0.25, 0.3) is 0 Å². The zero-order chi connectivity index (χ0) is 17.0. The second-order valence-electron chi connectivity index (χ2n) is 5.27. The van der Waals surface area contributed by atoms with Gasteiger partial charge in [0, 0.05) is 29.4 Å². The second kappa shape index (κ2) is 7.57. The molecule has 0 radical (unpaired) electrons. The van der Waals surface area contributed by atoms with Crippen molar-refractivity contribution < 1.29 is 9.59 Å². The number of carbonyl (C=O) groups excluding carboxylic acids is 2. The number of nitrogens with one attached hydrogen (secondary N) is 2. The standard InChI is InChI=1S/C16H18ClN3O2S/c1-9-5-4-6-12(14(9)17)7-13-8-18-16(23-13)20-15(22)10(2)19-11(3)21/h4-6,8,10H,7H2,1-3H3,(H,19,21)(H,18,20,22)/t10-/m0/s1. The zero-order valence-electron chi connectivity index (χ0n) is 13.1. The van der Waals surface area contributed by atoms with Gasteiger partial charge in [-0.05, 0) is 25.0 Å². The molecule has 2 N–H and O–H groups in total. The molecule has 122 valence electrons. The summed E-state index contributed by atoms with van der Waals surface area (Å²) in [5.74, 6) is -0.545. The van der Waals surface area contributed by atoms with Crippen LogP contribution in [0.3, 0.4) is 0 Å². The molecule has 0 spiro atoms. The van der Waals surface area contributed by atoms with Crippen LogP contribution in [0.25, 0.3) is 0 Å². The monoisotopic (exact) mass is 351 g/mol. The molecular formula is C16H18ClN3O2S. The van der Waals surface area contributed by atoms with Crippen molar-refractivity contribution in [3.8, 4) is 0 Å². The third kappa shape index (κ3) is 4.77. The molecule has 0 aliphatic carbocycles. The summed E-state index contributed by atoms with van der Waals surface area (Å²) in [6, 6.07) is 5.31. The number of hydrogen-bond acceptors (Lipinski definition) is 4. The molecule has 1 atom stereocenters. The van der Waals surface area contributed by atoms with Crippen molar-refractivity contribution >= 4 is 39.9 Å². The number of aromatic nitrogens is 1. The van der Waals surface area contributed by atoms with Crippen LogP contribution in [0.5, 0.6) is 0 Å². The topological polar surface area (TPSA) is 71.1 Å². The highest BCUT2D eigenvalue weighted by molar-refractivity contribution is 7.15. The molecule has 1 heterocycles. The van der Waals surface area contributed by atoms with E-state index in [1.54, 1.807) is 13.1 Å². The Morgan fingerprint density at radius 2 is 2.13 bits per heavy atom.